The highest BCUT2D eigenvalue weighted by atomic mass is 16.1. The summed E-state index contributed by atoms with van der Waals surface area (Å²) in [7, 11) is 1.67. The maximum absolute atomic E-state index is 11.2. The predicted molar refractivity (Wildman–Crippen MR) is 54.0 cm³/mol. The van der Waals surface area contributed by atoms with E-state index in [1.54, 1.807) is 31.6 Å². The molecule has 0 bridgehead atoms. The van der Waals surface area contributed by atoms with Gasteiger partial charge in [0, 0.05) is 19.5 Å². The highest BCUT2D eigenvalue weighted by Crippen LogP contribution is 2.07. The normalized spacial score (nSPS) is 12.2. The third kappa shape index (κ3) is 2.05. The van der Waals surface area contributed by atoms with E-state index >= 15 is 0 Å². The number of hydrogen-bond acceptors (Lipinski definition) is 2. The molecule has 0 aliphatic heterocycles. The molecule has 13 heavy (non-hydrogen) atoms. The smallest absolute Gasteiger partial charge is 0.271 e. The van der Waals surface area contributed by atoms with Crippen molar-refractivity contribution in [1.82, 2.24) is 10.2 Å². The van der Waals surface area contributed by atoms with Gasteiger partial charge < -0.3 is 5.10 Å². The van der Waals surface area contributed by atoms with Crippen LogP contribution in [0.5, 0.6) is 0 Å². The van der Waals surface area contributed by atoms with Crippen molar-refractivity contribution in [3.05, 3.63) is 40.8 Å². The fourth-order valence-electron chi connectivity index (χ4n) is 0.944. The van der Waals surface area contributed by atoms with Gasteiger partial charge in [0.15, 0.2) is 0 Å². The summed E-state index contributed by atoms with van der Waals surface area (Å²) in [5, 5.41) is 5.06. The lowest BCUT2D eigenvalue weighted by Gasteiger charge is -1.91. The van der Waals surface area contributed by atoms with Crippen molar-refractivity contribution in [2.45, 2.75) is 0 Å². The Morgan fingerprint density at radius 1 is 1.69 bits per heavy atom. The molecular formula is C9H11N3O. The van der Waals surface area contributed by atoms with Gasteiger partial charge in [-0.2, -0.15) is 0 Å². The Morgan fingerprint density at radius 2 is 2.46 bits per heavy atom. The molecule has 1 aromatic rings. The van der Waals surface area contributed by atoms with Gasteiger partial charge in [0.05, 0.1) is 5.56 Å². The van der Waals surface area contributed by atoms with Crippen LogP contribution in [0.2, 0.25) is 0 Å². The van der Waals surface area contributed by atoms with Crippen LogP contribution in [-0.2, 0) is 0 Å². The van der Waals surface area contributed by atoms with E-state index in [-0.39, 0.29) is 5.56 Å². The lowest BCUT2D eigenvalue weighted by atomic mass is 10.1. The van der Waals surface area contributed by atoms with Gasteiger partial charge in [-0.15, -0.1) is 0 Å². The third-order valence-corrected chi connectivity index (χ3v) is 1.58. The monoisotopic (exact) mass is 177 g/mol. The first-order valence-electron chi connectivity index (χ1n) is 3.81. The highest BCUT2D eigenvalue weighted by Gasteiger charge is 2.01. The Morgan fingerprint density at radius 3 is 2.92 bits per heavy atom. The van der Waals surface area contributed by atoms with Gasteiger partial charge in [-0.25, -0.2) is 0 Å². The molecule has 0 aromatic carbocycles. The first-order chi connectivity index (χ1) is 6.29. The lowest BCUT2D eigenvalue weighted by Crippen LogP contribution is -2.03. The van der Waals surface area contributed by atoms with Crippen LogP contribution < -0.4 is 5.56 Å². The average molecular weight is 177 g/mol. The van der Waals surface area contributed by atoms with Gasteiger partial charge in [-0.3, -0.25) is 14.9 Å². The molecule has 0 spiro atoms. The van der Waals surface area contributed by atoms with Gasteiger partial charge in [-0.1, -0.05) is 12.7 Å². The van der Waals surface area contributed by atoms with Crippen molar-refractivity contribution < 1.29 is 0 Å². The van der Waals surface area contributed by atoms with E-state index in [1.165, 1.54) is 0 Å². The Balaban J connectivity index is 3.11. The number of aromatic nitrogens is 2. The van der Waals surface area contributed by atoms with E-state index in [9.17, 15) is 4.79 Å². The minimum atomic E-state index is -0.157. The Kier molecular flexibility index (Phi) is 3.03. The fraction of sp³-hybridized carbons (Fsp3) is 0.111. The van der Waals surface area contributed by atoms with Gasteiger partial charge in [-0.05, 0) is 11.6 Å². The highest BCUT2D eigenvalue weighted by molar-refractivity contribution is 5.87. The van der Waals surface area contributed by atoms with Crippen molar-refractivity contribution in [3.8, 4) is 0 Å². The molecule has 68 valence electrons. The molecule has 4 nitrogen and oxygen atoms in total. The molecule has 0 atom stereocenters. The molecule has 0 saturated carbocycles. The fourth-order valence-corrected chi connectivity index (χ4v) is 0.944. The number of nitrogens with one attached hydrogen (secondary N) is 2. The van der Waals surface area contributed by atoms with Crippen LogP contribution in [0.25, 0.3) is 5.57 Å². The zero-order chi connectivity index (χ0) is 9.68. The zero-order valence-corrected chi connectivity index (χ0v) is 7.37. The van der Waals surface area contributed by atoms with Crippen molar-refractivity contribution in [1.29, 1.82) is 0 Å². The first kappa shape index (κ1) is 9.25. The summed E-state index contributed by atoms with van der Waals surface area (Å²) in [6.07, 6.45) is 6.55. The molecule has 0 unspecified atom stereocenters. The summed E-state index contributed by atoms with van der Waals surface area (Å²) in [4.78, 5) is 15.0. The Labute approximate surface area is 75.7 Å². The maximum atomic E-state index is 11.2. The van der Waals surface area contributed by atoms with Gasteiger partial charge in [0.1, 0.15) is 0 Å². The number of allylic oxidation sites excluding steroid dienone is 3. The number of hydrogen-bond donors (Lipinski definition) is 2. The largest absolute Gasteiger partial charge is 0.305 e. The van der Waals surface area contributed by atoms with Crippen LogP contribution in [0.15, 0.2) is 34.7 Å². The van der Waals surface area contributed by atoms with Gasteiger partial charge in [0.2, 0.25) is 0 Å². The van der Waals surface area contributed by atoms with E-state index in [2.05, 4.69) is 21.8 Å². The van der Waals surface area contributed by atoms with Crippen molar-refractivity contribution >= 4 is 11.8 Å². The third-order valence-electron chi connectivity index (χ3n) is 1.58. The molecule has 0 aliphatic rings. The molecule has 4 heteroatoms. The van der Waals surface area contributed by atoms with Gasteiger partial charge >= 0.3 is 0 Å². The van der Waals surface area contributed by atoms with Crippen LogP contribution in [0, 0.1) is 0 Å². The SMILES string of the molecule is C=C/C(=C\C=NC)c1c[nH][nH]c1=O. The molecule has 1 heterocycles. The second-order valence-corrected chi connectivity index (χ2v) is 2.39. The quantitative estimate of drug-likeness (QED) is 0.524. The summed E-state index contributed by atoms with van der Waals surface area (Å²) in [5.41, 5.74) is 1.15. The van der Waals surface area contributed by atoms with Crippen molar-refractivity contribution in [2.24, 2.45) is 4.99 Å². The number of aromatic amines is 2. The molecule has 0 amide bonds. The summed E-state index contributed by atoms with van der Waals surface area (Å²) in [6.45, 7) is 3.61. The minimum absolute atomic E-state index is 0.157. The molecule has 0 fully saturated rings. The Hall–Kier alpha value is -1.84. The average Bonchev–Trinajstić information content (AvgIpc) is 2.54. The number of nitrogens with zero attached hydrogens (tertiary/aromatic N) is 1. The van der Waals surface area contributed by atoms with Crippen molar-refractivity contribution in [3.63, 3.8) is 0 Å². The zero-order valence-electron chi connectivity index (χ0n) is 7.37. The lowest BCUT2D eigenvalue weighted by molar-refractivity contribution is 1.06. The van der Waals surface area contributed by atoms with Crippen LogP contribution in [0.1, 0.15) is 5.56 Å². The van der Waals surface area contributed by atoms with E-state index in [1.807, 2.05) is 0 Å². The molecule has 0 saturated heterocycles. The second kappa shape index (κ2) is 4.25. The minimum Gasteiger partial charge on any atom is -0.305 e. The molecule has 0 aliphatic carbocycles. The molecule has 1 rings (SSSR count). The van der Waals surface area contributed by atoms with E-state index in [4.69, 9.17) is 0 Å². The predicted octanol–water partition coefficient (Wildman–Crippen LogP) is 0.973. The maximum Gasteiger partial charge on any atom is 0.271 e. The van der Waals surface area contributed by atoms with Crippen LogP contribution in [-0.4, -0.2) is 23.5 Å². The van der Waals surface area contributed by atoms with E-state index < -0.39 is 0 Å². The Bertz CT molecular complexity index is 395. The summed E-state index contributed by atoms with van der Waals surface area (Å²) in [6, 6.07) is 0. The van der Waals surface area contributed by atoms with E-state index in [0.29, 0.717) is 5.56 Å². The number of aliphatic imine (C=N–C) groups is 1. The van der Waals surface area contributed by atoms with Crippen molar-refractivity contribution in [2.75, 3.05) is 7.05 Å². The first-order valence-corrected chi connectivity index (χ1v) is 3.81. The molecular weight excluding hydrogens is 166 g/mol. The number of H-pyrrole nitrogens is 2. The van der Waals surface area contributed by atoms with Crippen LogP contribution in [0.4, 0.5) is 0 Å². The summed E-state index contributed by atoms with van der Waals surface area (Å²) in [5.74, 6) is 0. The standard InChI is InChI=1S/C9H11N3O/c1-3-7(4-5-10-2)8-6-11-12-9(8)13/h3-6H,1H2,2H3,(H2,11,12,13)/b7-4+,10-5?. The second-order valence-electron chi connectivity index (χ2n) is 2.39. The summed E-state index contributed by atoms with van der Waals surface area (Å²) >= 11 is 0. The van der Waals surface area contributed by atoms with E-state index in [0.717, 1.165) is 5.57 Å². The van der Waals surface area contributed by atoms with Crippen LogP contribution >= 0.6 is 0 Å². The van der Waals surface area contributed by atoms with Gasteiger partial charge in [0.25, 0.3) is 5.56 Å². The molecule has 0 radical (unpaired) electrons. The molecule has 2 N–H and O–H groups in total. The number of rotatable bonds is 3. The molecule has 1 aromatic heterocycles. The summed E-state index contributed by atoms with van der Waals surface area (Å²) < 4.78 is 0. The van der Waals surface area contributed by atoms with Crippen LogP contribution in [0.3, 0.4) is 0 Å². The topological polar surface area (TPSA) is 61.0 Å².